The predicted molar refractivity (Wildman–Crippen MR) is 69.8 cm³/mol. The molecule has 1 aromatic rings. The Bertz CT molecular complexity index is 497. The standard InChI is InChI=1S/C11H20N4O2S/c1-10-8-18(16,17)5-4-15(10)7-11-6-14(3-2-12)9-13-11/h6,9-10H,2-5,7-8,12H2,1H3. The molecule has 0 bridgehead atoms. The number of nitrogens with zero attached hydrogens (tertiary/aromatic N) is 3. The van der Waals surface area contributed by atoms with Crippen molar-refractivity contribution in [2.45, 2.75) is 26.1 Å². The van der Waals surface area contributed by atoms with E-state index in [-0.39, 0.29) is 17.5 Å². The minimum Gasteiger partial charge on any atom is -0.336 e. The van der Waals surface area contributed by atoms with E-state index in [1.807, 2.05) is 17.7 Å². The van der Waals surface area contributed by atoms with Gasteiger partial charge in [0.1, 0.15) is 0 Å². The summed E-state index contributed by atoms with van der Waals surface area (Å²) in [6.07, 6.45) is 3.75. The zero-order valence-corrected chi connectivity index (χ0v) is 11.4. The summed E-state index contributed by atoms with van der Waals surface area (Å²) in [4.78, 5) is 6.48. The third kappa shape index (κ3) is 3.30. The van der Waals surface area contributed by atoms with Crippen LogP contribution in [-0.4, -0.2) is 53.5 Å². The maximum atomic E-state index is 11.5. The van der Waals surface area contributed by atoms with Crippen molar-refractivity contribution in [1.29, 1.82) is 0 Å². The van der Waals surface area contributed by atoms with Gasteiger partial charge >= 0.3 is 0 Å². The Balaban J connectivity index is 1.97. The topological polar surface area (TPSA) is 81.2 Å². The number of sulfone groups is 1. The van der Waals surface area contributed by atoms with Crippen LogP contribution in [-0.2, 0) is 22.9 Å². The summed E-state index contributed by atoms with van der Waals surface area (Å²) in [5.41, 5.74) is 6.45. The first-order valence-electron chi connectivity index (χ1n) is 6.15. The molecule has 1 aliphatic rings. The Hall–Kier alpha value is -0.920. The van der Waals surface area contributed by atoms with E-state index in [0.717, 1.165) is 12.2 Å². The van der Waals surface area contributed by atoms with Gasteiger partial charge in [0.25, 0.3) is 0 Å². The highest BCUT2D eigenvalue weighted by atomic mass is 32.2. The molecule has 1 aromatic heterocycles. The van der Waals surface area contributed by atoms with Gasteiger partial charge in [-0.1, -0.05) is 0 Å². The van der Waals surface area contributed by atoms with Gasteiger partial charge in [-0.3, -0.25) is 4.90 Å². The normalized spacial score (nSPS) is 24.2. The van der Waals surface area contributed by atoms with E-state index in [0.29, 0.717) is 19.6 Å². The largest absolute Gasteiger partial charge is 0.336 e. The molecule has 7 heteroatoms. The summed E-state index contributed by atoms with van der Waals surface area (Å²) in [5, 5.41) is 0. The van der Waals surface area contributed by atoms with Crippen LogP contribution in [0.15, 0.2) is 12.5 Å². The van der Waals surface area contributed by atoms with Gasteiger partial charge in [0.05, 0.1) is 23.5 Å². The highest BCUT2D eigenvalue weighted by molar-refractivity contribution is 7.91. The molecular formula is C11H20N4O2S. The van der Waals surface area contributed by atoms with Gasteiger partial charge in [0, 0.05) is 38.4 Å². The molecule has 1 aliphatic heterocycles. The summed E-state index contributed by atoms with van der Waals surface area (Å²) >= 11 is 0. The van der Waals surface area contributed by atoms with Gasteiger partial charge in [-0.05, 0) is 6.92 Å². The molecule has 0 spiro atoms. The Morgan fingerprint density at radius 3 is 3.00 bits per heavy atom. The molecule has 0 aliphatic carbocycles. The van der Waals surface area contributed by atoms with Crippen LogP contribution < -0.4 is 5.73 Å². The van der Waals surface area contributed by atoms with Crippen LogP contribution in [0.4, 0.5) is 0 Å². The van der Waals surface area contributed by atoms with Gasteiger partial charge in [-0.2, -0.15) is 0 Å². The van der Waals surface area contributed by atoms with Gasteiger partial charge in [0.15, 0.2) is 9.84 Å². The molecule has 1 fully saturated rings. The molecule has 1 saturated heterocycles. The molecule has 18 heavy (non-hydrogen) atoms. The third-order valence-corrected chi connectivity index (χ3v) is 5.04. The second kappa shape index (κ2) is 5.38. The number of hydrogen-bond donors (Lipinski definition) is 1. The van der Waals surface area contributed by atoms with Crippen molar-refractivity contribution in [2.75, 3.05) is 24.6 Å². The zero-order valence-electron chi connectivity index (χ0n) is 10.6. The van der Waals surface area contributed by atoms with Gasteiger partial charge < -0.3 is 10.3 Å². The van der Waals surface area contributed by atoms with E-state index in [4.69, 9.17) is 5.73 Å². The fourth-order valence-corrected chi connectivity index (χ4v) is 3.86. The second-order valence-electron chi connectivity index (χ2n) is 4.83. The summed E-state index contributed by atoms with van der Waals surface area (Å²) in [6, 6.07) is 0.0587. The maximum absolute atomic E-state index is 11.5. The Kier molecular flexibility index (Phi) is 4.04. The van der Waals surface area contributed by atoms with Gasteiger partial charge in [0.2, 0.25) is 0 Å². The van der Waals surface area contributed by atoms with Crippen LogP contribution in [0.25, 0.3) is 0 Å². The second-order valence-corrected chi connectivity index (χ2v) is 7.05. The maximum Gasteiger partial charge on any atom is 0.153 e. The Morgan fingerprint density at radius 1 is 1.56 bits per heavy atom. The summed E-state index contributed by atoms with van der Waals surface area (Å²) < 4.78 is 24.9. The lowest BCUT2D eigenvalue weighted by Gasteiger charge is -2.32. The van der Waals surface area contributed by atoms with Crippen LogP contribution in [0.3, 0.4) is 0 Å². The predicted octanol–water partition coefficient (Wildman–Crippen LogP) is -0.539. The van der Waals surface area contributed by atoms with Crippen LogP contribution in [0.2, 0.25) is 0 Å². The molecular weight excluding hydrogens is 252 g/mol. The molecule has 0 radical (unpaired) electrons. The molecule has 2 N–H and O–H groups in total. The highest BCUT2D eigenvalue weighted by Gasteiger charge is 2.28. The number of aromatic nitrogens is 2. The van der Waals surface area contributed by atoms with E-state index in [1.165, 1.54) is 0 Å². The number of hydrogen-bond acceptors (Lipinski definition) is 5. The fraction of sp³-hybridized carbons (Fsp3) is 0.727. The highest BCUT2D eigenvalue weighted by Crippen LogP contribution is 2.14. The van der Waals surface area contributed by atoms with Crippen molar-refractivity contribution in [3.63, 3.8) is 0 Å². The van der Waals surface area contributed by atoms with Crippen LogP contribution in [0.5, 0.6) is 0 Å². The molecule has 1 atom stereocenters. The molecule has 1 unspecified atom stereocenters. The molecule has 0 aromatic carbocycles. The minimum absolute atomic E-state index is 0.0587. The van der Waals surface area contributed by atoms with Crippen molar-refractivity contribution >= 4 is 9.84 Å². The first-order chi connectivity index (χ1) is 8.50. The summed E-state index contributed by atoms with van der Waals surface area (Å²) in [7, 11) is -2.84. The first kappa shape index (κ1) is 13.5. The third-order valence-electron chi connectivity index (χ3n) is 3.25. The average Bonchev–Trinajstić information content (AvgIpc) is 2.70. The monoisotopic (exact) mass is 272 g/mol. The van der Waals surface area contributed by atoms with Crippen LogP contribution in [0, 0.1) is 0 Å². The minimum atomic E-state index is -2.84. The first-order valence-corrected chi connectivity index (χ1v) is 7.97. The van der Waals surface area contributed by atoms with Crippen LogP contribution >= 0.6 is 0 Å². The Labute approximate surface area is 108 Å². The van der Waals surface area contributed by atoms with E-state index in [1.54, 1.807) is 6.33 Å². The molecule has 2 heterocycles. The van der Waals surface area contributed by atoms with E-state index >= 15 is 0 Å². The average molecular weight is 272 g/mol. The lowest BCUT2D eigenvalue weighted by atomic mass is 10.3. The molecule has 102 valence electrons. The smallest absolute Gasteiger partial charge is 0.153 e. The quantitative estimate of drug-likeness (QED) is 0.796. The van der Waals surface area contributed by atoms with Gasteiger partial charge in [-0.15, -0.1) is 0 Å². The number of imidazole rings is 1. The molecule has 2 rings (SSSR count). The van der Waals surface area contributed by atoms with E-state index < -0.39 is 9.84 Å². The molecule has 6 nitrogen and oxygen atoms in total. The van der Waals surface area contributed by atoms with Crippen molar-refractivity contribution in [3.05, 3.63) is 18.2 Å². The van der Waals surface area contributed by atoms with Crippen LogP contribution in [0.1, 0.15) is 12.6 Å². The van der Waals surface area contributed by atoms with Crippen molar-refractivity contribution in [1.82, 2.24) is 14.5 Å². The molecule has 0 amide bonds. The van der Waals surface area contributed by atoms with Crippen molar-refractivity contribution < 1.29 is 8.42 Å². The summed E-state index contributed by atoms with van der Waals surface area (Å²) in [5.74, 6) is 0.497. The molecule has 0 saturated carbocycles. The lowest BCUT2D eigenvalue weighted by Crippen LogP contribution is -2.46. The lowest BCUT2D eigenvalue weighted by molar-refractivity contribution is 0.216. The van der Waals surface area contributed by atoms with E-state index in [9.17, 15) is 8.42 Å². The SMILES string of the molecule is CC1CS(=O)(=O)CCN1Cc1cn(CCN)cn1. The van der Waals surface area contributed by atoms with Crippen molar-refractivity contribution in [3.8, 4) is 0 Å². The summed E-state index contributed by atoms with van der Waals surface area (Å²) in [6.45, 7) is 4.60. The van der Waals surface area contributed by atoms with Gasteiger partial charge in [-0.25, -0.2) is 13.4 Å². The Morgan fingerprint density at radius 2 is 2.33 bits per heavy atom. The fourth-order valence-electron chi connectivity index (χ4n) is 2.24. The van der Waals surface area contributed by atoms with Crippen molar-refractivity contribution in [2.24, 2.45) is 5.73 Å². The number of rotatable bonds is 4. The number of nitrogens with two attached hydrogens (primary N) is 1. The zero-order chi connectivity index (χ0) is 13.2. The van der Waals surface area contributed by atoms with E-state index in [2.05, 4.69) is 9.88 Å².